The van der Waals surface area contributed by atoms with E-state index in [4.69, 9.17) is 5.11 Å². The Hall–Kier alpha value is -1.98. The molecule has 264 valence electrons. The van der Waals surface area contributed by atoms with Crippen LogP contribution in [0.5, 0.6) is 0 Å². The Morgan fingerprint density at radius 3 is 1.02 bits per heavy atom. The fourth-order valence-electron chi connectivity index (χ4n) is 3.06. The Labute approximate surface area is 233 Å². The van der Waals surface area contributed by atoms with Crippen molar-refractivity contribution < 1.29 is 108 Å². The van der Waals surface area contributed by atoms with E-state index in [0.717, 1.165) is 20.8 Å². The van der Waals surface area contributed by atoms with Crippen LogP contribution in [0.25, 0.3) is 0 Å². The number of hydrogen-bond acceptors (Lipinski definition) is 4. The maximum atomic E-state index is 15.7. The van der Waals surface area contributed by atoms with E-state index in [0.29, 0.717) is 20.8 Å². The van der Waals surface area contributed by atoms with Crippen LogP contribution in [-0.4, -0.2) is 71.2 Å². The summed E-state index contributed by atoms with van der Waals surface area (Å²) in [5.74, 6) is -27.9. The van der Waals surface area contributed by atoms with Gasteiger partial charge in [0.1, 0.15) is 0 Å². The second-order valence-electron chi connectivity index (χ2n) is 11.2. The van der Waals surface area contributed by atoms with Gasteiger partial charge in [0.25, 0.3) is 0 Å². The number of carbonyl (C=O) groups is 1. The first kappa shape index (κ1) is 42.0. The van der Waals surface area contributed by atoms with E-state index in [9.17, 15) is 83.8 Å². The van der Waals surface area contributed by atoms with Gasteiger partial charge in [-0.05, 0) is 11.8 Å². The molecule has 0 heterocycles. The fourth-order valence-corrected chi connectivity index (χ4v) is 3.06. The van der Waals surface area contributed by atoms with Gasteiger partial charge in [0, 0.05) is 5.41 Å². The number of halogens is 19. The van der Waals surface area contributed by atoms with E-state index in [2.05, 4.69) is 4.74 Å². The van der Waals surface area contributed by atoms with Crippen molar-refractivity contribution in [3.05, 3.63) is 0 Å². The van der Waals surface area contributed by atoms with Crippen LogP contribution in [0.15, 0.2) is 0 Å². The van der Waals surface area contributed by atoms with Crippen molar-refractivity contribution >= 4 is 5.97 Å². The smallest absolute Gasteiger partial charge is 0.460 e. The Morgan fingerprint density at radius 1 is 0.500 bits per heavy atom. The van der Waals surface area contributed by atoms with Crippen LogP contribution in [0.2, 0.25) is 0 Å². The maximum Gasteiger partial charge on any atom is 0.460 e. The number of rotatable bonds is 11. The number of ether oxygens (including phenoxy) is 3. The molecule has 0 aliphatic rings. The maximum absolute atomic E-state index is 15.7. The van der Waals surface area contributed by atoms with E-state index < -0.39 is 83.3 Å². The van der Waals surface area contributed by atoms with E-state index in [1.54, 1.807) is 4.74 Å². The molecule has 0 rings (SSSR count). The first-order valence-corrected chi connectivity index (χ1v) is 11.0. The molecule has 4 unspecified atom stereocenters. The number of alkyl halides is 19. The van der Waals surface area contributed by atoms with Crippen LogP contribution in [0.3, 0.4) is 0 Å². The van der Waals surface area contributed by atoms with Crippen molar-refractivity contribution in [2.24, 2.45) is 10.8 Å². The van der Waals surface area contributed by atoms with Crippen LogP contribution in [0.4, 0.5) is 83.4 Å². The van der Waals surface area contributed by atoms with E-state index in [1.807, 2.05) is 0 Å². The van der Waals surface area contributed by atoms with Crippen LogP contribution >= 0.6 is 0 Å². The summed E-state index contributed by atoms with van der Waals surface area (Å²) in [4.78, 5) is 10.4. The Morgan fingerprint density at radius 2 is 0.795 bits per heavy atom. The first-order valence-electron chi connectivity index (χ1n) is 11.0. The van der Waals surface area contributed by atoms with E-state index >= 15 is 4.39 Å². The lowest BCUT2D eigenvalue weighted by Crippen LogP contribution is -2.71. The van der Waals surface area contributed by atoms with E-state index in [-0.39, 0.29) is 0 Å². The predicted octanol–water partition coefficient (Wildman–Crippen LogP) is 8.77. The lowest BCUT2D eigenvalue weighted by Gasteiger charge is -2.48. The van der Waals surface area contributed by atoms with Gasteiger partial charge in [-0.2, -0.15) is 79.0 Å². The third-order valence-corrected chi connectivity index (χ3v) is 5.35. The van der Waals surface area contributed by atoms with Crippen molar-refractivity contribution in [1.29, 1.82) is 0 Å². The zero-order chi connectivity index (χ0) is 36.4. The topological polar surface area (TPSA) is 65.0 Å². The summed E-state index contributed by atoms with van der Waals surface area (Å²) in [5.41, 5.74) is -9.28. The van der Waals surface area contributed by atoms with Crippen molar-refractivity contribution in [3.63, 3.8) is 0 Å². The highest BCUT2D eigenvalue weighted by atomic mass is 19.4. The summed E-state index contributed by atoms with van der Waals surface area (Å²) in [6, 6.07) is 0. The summed E-state index contributed by atoms with van der Waals surface area (Å²) >= 11 is 0. The van der Waals surface area contributed by atoms with Gasteiger partial charge in [-0.3, -0.25) is 14.2 Å². The Bertz CT molecular complexity index is 1040. The first-order chi connectivity index (χ1) is 18.5. The molecule has 5 nitrogen and oxygen atoms in total. The molecule has 0 radical (unpaired) electrons. The molecule has 0 amide bonds. The minimum atomic E-state index is -8.34. The molecule has 0 aromatic rings. The molecule has 0 saturated carbocycles. The molecular weight excluding hydrogens is 681 g/mol. The third-order valence-electron chi connectivity index (χ3n) is 5.35. The van der Waals surface area contributed by atoms with Crippen LogP contribution in [0.1, 0.15) is 48.0 Å². The van der Waals surface area contributed by atoms with Crippen molar-refractivity contribution in [2.45, 2.75) is 108 Å². The zero-order valence-corrected chi connectivity index (χ0v) is 22.5. The van der Waals surface area contributed by atoms with Crippen LogP contribution in [0, 0.1) is 10.8 Å². The summed E-state index contributed by atoms with van der Waals surface area (Å²) in [7, 11) is 0. The summed E-state index contributed by atoms with van der Waals surface area (Å²) in [6.45, 7) is 4.04. The molecule has 4 atom stereocenters. The molecule has 0 aromatic carbocycles. The molecule has 44 heavy (non-hydrogen) atoms. The molecule has 0 spiro atoms. The van der Waals surface area contributed by atoms with E-state index in [1.165, 1.54) is 4.74 Å². The second-order valence-corrected chi connectivity index (χ2v) is 11.2. The molecular formula is C20H21F19O5. The Kier molecular flexibility index (Phi) is 10.6. The van der Waals surface area contributed by atoms with Gasteiger partial charge in [0.05, 0.1) is 0 Å². The van der Waals surface area contributed by atoms with Crippen molar-refractivity contribution in [2.75, 3.05) is 0 Å². The van der Waals surface area contributed by atoms with Crippen LogP contribution in [-0.2, 0) is 19.0 Å². The fraction of sp³-hybridized carbons (Fsp3) is 0.950. The monoisotopic (exact) mass is 702 g/mol. The average molecular weight is 702 g/mol. The number of aliphatic carboxylic acids is 1. The molecule has 0 aliphatic carbocycles. The summed E-state index contributed by atoms with van der Waals surface area (Å²) in [5, 5.41) is 8.12. The molecule has 24 heteroatoms. The normalized spacial score (nSPS) is 20.8. The molecule has 0 aromatic heterocycles. The van der Waals surface area contributed by atoms with Gasteiger partial charge in [-0.25, -0.2) is 9.18 Å². The van der Waals surface area contributed by atoms with Gasteiger partial charge in [-0.15, -0.1) is 0 Å². The molecule has 0 saturated heterocycles. The van der Waals surface area contributed by atoms with Gasteiger partial charge in [0.15, 0.2) is 0 Å². The predicted molar refractivity (Wildman–Crippen MR) is 103 cm³/mol. The third kappa shape index (κ3) is 7.35. The van der Waals surface area contributed by atoms with Crippen molar-refractivity contribution in [1.82, 2.24) is 0 Å². The van der Waals surface area contributed by atoms with Gasteiger partial charge >= 0.3 is 60.4 Å². The number of hydrogen-bond donors (Lipinski definition) is 1. The van der Waals surface area contributed by atoms with Gasteiger partial charge in [0.2, 0.25) is 5.67 Å². The minimum Gasteiger partial charge on any atom is -0.477 e. The standard InChI is InChI=1S/C20H21F19O5/c1-9(2,3)7-11(21,10(4,5)6)18(34,35)43-14(24,17(31,32)33)20(38,39)44-13(23,16(28,29)30)19(36,37)42-12(22,8(40)41)15(25,26)27/h7H2,1-6H3,(H,40,41). The molecule has 1 N–H and O–H groups in total. The minimum absolute atomic E-state index is 0.443. The average Bonchev–Trinajstić information content (AvgIpc) is 2.67. The van der Waals surface area contributed by atoms with Gasteiger partial charge < -0.3 is 5.11 Å². The molecule has 0 bridgehead atoms. The van der Waals surface area contributed by atoms with Gasteiger partial charge in [-0.1, -0.05) is 41.5 Å². The van der Waals surface area contributed by atoms with Crippen molar-refractivity contribution in [3.8, 4) is 0 Å². The summed E-state index contributed by atoms with van der Waals surface area (Å²) in [6.07, 6.45) is -48.3. The quantitative estimate of drug-likeness (QED) is 0.218. The lowest BCUT2D eigenvalue weighted by molar-refractivity contribution is -0.573. The summed E-state index contributed by atoms with van der Waals surface area (Å²) < 4.78 is 269. The SMILES string of the molecule is CC(C)(C)CC(F)(C(C)(C)C)C(F)(F)OC(F)(C(F)(F)F)C(F)(F)OC(F)(C(F)(F)F)C(F)(F)OC(F)(C(=O)O)C(F)(F)F. The highest BCUT2D eigenvalue weighted by molar-refractivity contribution is 5.76. The lowest BCUT2D eigenvalue weighted by atomic mass is 9.69. The molecule has 0 fully saturated rings. The highest BCUT2D eigenvalue weighted by Crippen LogP contribution is 2.60. The Balaban J connectivity index is 7.46. The zero-order valence-electron chi connectivity index (χ0n) is 22.5. The number of carboxylic acids is 1. The molecule has 0 aliphatic heterocycles. The largest absolute Gasteiger partial charge is 0.477 e. The number of carboxylic acid groups (broad SMARTS) is 1. The second kappa shape index (κ2) is 11.1. The highest BCUT2D eigenvalue weighted by Gasteiger charge is 2.87. The van der Waals surface area contributed by atoms with Crippen LogP contribution < -0.4 is 0 Å².